The van der Waals surface area contributed by atoms with Crippen LogP contribution < -0.4 is 0 Å². The summed E-state index contributed by atoms with van der Waals surface area (Å²) in [6.07, 6.45) is 7.51. The van der Waals surface area contributed by atoms with Crippen LogP contribution in [-0.4, -0.2) is 38.3 Å². The lowest BCUT2D eigenvalue weighted by atomic mass is 10.2. The number of fused-ring (bicyclic) bond motifs is 1. The van der Waals surface area contributed by atoms with Crippen molar-refractivity contribution < 1.29 is 13.6 Å². The van der Waals surface area contributed by atoms with Gasteiger partial charge >= 0.3 is 0 Å². The molecule has 22 heavy (non-hydrogen) atoms. The smallest absolute Gasteiger partial charge is 0.272 e. The molecule has 4 rings (SSSR count). The molecule has 0 atom stereocenters. The Morgan fingerprint density at radius 3 is 2.95 bits per heavy atom. The number of nitrogens with zero attached hydrogens (tertiary/aromatic N) is 4. The number of carbonyl (C=O) groups is 1. The van der Waals surface area contributed by atoms with Gasteiger partial charge in [0.05, 0.1) is 18.0 Å². The van der Waals surface area contributed by atoms with Crippen LogP contribution in [0, 0.1) is 5.82 Å². The molecule has 112 valence electrons. The molecule has 7 heteroatoms. The lowest BCUT2D eigenvalue weighted by Gasteiger charge is -2.15. The first-order chi connectivity index (χ1) is 10.6. The normalized spacial score (nSPS) is 14.5. The Hall–Kier alpha value is -2.70. The Morgan fingerprint density at radius 2 is 2.27 bits per heavy atom. The zero-order valence-corrected chi connectivity index (χ0v) is 11.9. The molecule has 6 nitrogen and oxygen atoms in total. The van der Waals surface area contributed by atoms with Crippen molar-refractivity contribution in [2.45, 2.75) is 18.9 Å². The Morgan fingerprint density at radius 1 is 1.45 bits per heavy atom. The average Bonchev–Trinajstić information content (AvgIpc) is 3.05. The average molecular weight is 300 g/mol. The van der Waals surface area contributed by atoms with Gasteiger partial charge in [-0.15, -0.1) is 0 Å². The Balaban J connectivity index is 1.86. The van der Waals surface area contributed by atoms with Gasteiger partial charge in [0.2, 0.25) is 0 Å². The van der Waals surface area contributed by atoms with Gasteiger partial charge in [-0.1, -0.05) is 0 Å². The van der Waals surface area contributed by atoms with E-state index in [0.29, 0.717) is 22.7 Å². The van der Waals surface area contributed by atoms with Crippen molar-refractivity contribution in [3.8, 4) is 11.3 Å². The molecule has 1 aliphatic rings. The number of amides is 1. The second-order valence-corrected chi connectivity index (χ2v) is 5.42. The molecule has 0 aliphatic heterocycles. The molecule has 1 amide bonds. The minimum Gasteiger partial charge on any atom is -0.443 e. The lowest BCUT2D eigenvalue weighted by molar-refractivity contribution is 0.0778. The zero-order chi connectivity index (χ0) is 15.3. The summed E-state index contributed by atoms with van der Waals surface area (Å²) in [4.78, 5) is 22.3. The van der Waals surface area contributed by atoms with E-state index in [4.69, 9.17) is 4.42 Å². The third-order valence-corrected chi connectivity index (χ3v) is 3.90. The van der Waals surface area contributed by atoms with E-state index in [9.17, 15) is 9.18 Å². The molecule has 0 aromatic carbocycles. The molecular weight excluding hydrogens is 287 g/mol. The van der Waals surface area contributed by atoms with E-state index in [-0.39, 0.29) is 11.9 Å². The maximum absolute atomic E-state index is 13.9. The van der Waals surface area contributed by atoms with Gasteiger partial charge in [0.15, 0.2) is 12.2 Å². The molecular formula is C15H13FN4O2. The molecule has 0 spiro atoms. The number of rotatable bonds is 3. The van der Waals surface area contributed by atoms with Gasteiger partial charge in [0.25, 0.3) is 5.91 Å². The molecule has 0 radical (unpaired) electrons. The number of halogens is 1. The monoisotopic (exact) mass is 300 g/mol. The van der Waals surface area contributed by atoms with E-state index in [2.05, 4.69) is 9.97 Å². The standard InChI is InChI=1S/C15H13FN4O2/c1-19(10-2-3-10)15(21)12-5-18-14-11(13-6-17-8-22-13)4-9(16)7-20(12)14/h4-8,10H,2-3H2,1H3. The summed E-state index contributed by atoms with van der Waals surface area (Å²) in [5, 5.41) is 0. The highest BCUT2D eigenvalue weighted by Crippen LogP contribution is 2.29. The predicted octanol–water partition coefficient (Wildman–Crippen LogP) is 2.36. The molecule has 1 fully saturated rings. The number of hydrogen-bond donors (Lipinski definition) is 0. The molecule has 0 saturated heterocycles. The fraction of sp³-hybridized carbons (Fsp3) is 0.267. The predicted molar refractivity (Wildman–Crippen MR) is 75.8 cm³/mol. The van der Waals surface area contributed by atoms with Gasteiger partial charge in [-0.05, 0) is 18.9 Å². The quantitative estimate of drug-likeness (QED) is 0.745. The molecule has 3 aromatic rings. The number of oxazole rings is 1. The van der Waals surface area contributed by atoms with Crippen LogP contribution in [0.3, 0.4) is 0 Å². The summed E-state index contributed by atoms with van der Waals surface area (Å²) in [6, 6.07) is 1.60. The van der Waals surface area contributed by atoms with E-state index in [0.717, 1.165) is 12.8 Å². The highest BCUT2D eigenvalue weighted by Gasteiger charge is 2.31. The molecule has 1 saturated carbocycles. The SMILES string of the molecule is CN(C(=O)c1cnc2c(-c3cnco3)cc(F)cn12)C1CC1. The first-order valence-electron chi connectivity index (χ1n) is 6.98. The van der Waals surface area contributed by atoms with Crippen molar-refractivity contribution in [1.29, 1.82) is 0 Å². The summed E-state index contributed by atoms with van der Waals surface area (Å²) in [7, 11) is 1.76. The number of imidazole rings is 1. The van der Waals surface area contributed by atoms with Gasteiger partial charge < -0.3 is 9.32 Å². The van der Waals surface area contributed by atoms with Crippen LogP contribution in [0.15, 0.2) is 35.5 Å². The second-order valence-electron chi connectivity index (χ2n) is 5.42. The third kappa shape index (κ3) is 1.97. The van der Waals surface area contributed by atoms with Gasteiger partial charge in [-0.3, -0.25) is 9.20 Å². The lowest BCUT2D eigenvalue weighted by Crippen LogP contribution is -2.29. The molecule has 3 heterocycles. The Kier molecular flexibility index (Phi) is 2.75. The van der Waals surface area contributed by atoms with E-state index in [1.807, 2.05) is 0 Å². The van der Waals surface area contributed by atoms with Crippen LogP contribution in [0.2, 0.25) is 0 Å². The van der Waals surface area contributed by atoms with Gasteiger partial charge in [0.1, 0.15) is 17.2 Å². The first kappa shape index (κ1) is 13.0. The topological polar surface area (TPSA) is 63.6 Å². The van der Waals surface area contributed by atoms with Crippen LogP contribution in [0.25, 0.3) is 17.0 Å². The minimum absolute atomic E-state index is 0.163. The largest absolute Gasteiger partial charge is 0.443 e. The van der Waals surface area contributed by atoms with E-state index >= 15 is 0 Å². The highest BCUT2D eigenvalue weighted by molar-refractivity contribution is 5.94. The van der Waals surface area contributed by atoms with Crippen molar-refractivity contribution in [1.82, 2.24) is 19.3 Å². The van der Waals surface area contributed by atoms with Gasteiger partial charge in [0, 0.05) is 19.3 Å². The maximum Gasteiger partial charge on any atom is 0.272 e. The molecule has 3 aromatic heterocycles. The minimum atomic E-state index is -0.472. The van der Waals surface area contributed by atoms with Crippen molar-refractivity contribution >= 4 is 11.6 Å². The third-order valence-electron chi connectivity index (χ3n) is 3.90. The van der Waals surface area contributed by atoms with Crippen molar-refractivity contribution in [2.24, 2.45) is 0 Å². The second kappa shape index (κ2) is 4.66. The highest BCUT2D eigenvalue weighted by atomic mass is 19.1. The van der Waals surface area contributed by atoms with E-state index < -0.39 is 5.82 Å². The van der Waals surface area contributed by atoms with Gasteiger partial charge in [-0.2, -0.15) is 0 Å². The Labute approximate surface area is 125 Å². The summed E-state index contributed by atoms with van der Waals surface area (Å²) in [5.74, 6) is -0.228. The van der Waals surface area contributed by atoms with Gasteiger partial charge in [-0.25, -0.2) is 14.4 Å². The maximum atomic E-state index is 13.9. The summed E-state index contributed by atoms with van der Waals surface area (Å²) >= 11 is 0. The fourth-order valence-electron chi connectivity index (χ4n) is 2.55. The number of pyridine rings is 1. The zero-order valence-electron chi connectivity index (χ0n) is 11.9. The van der Waals surface area contributed by atoms with Crippen molar-refractivity contribution in [3.63, 3.8) is 0 Å². The molecule has 0 N–H and O–H groups in total. The van der Waals surface area contributed by atoms with Crippen LogP contribution >= 0.6 is 0 Å². The molecule has 0 unspecified atom stereocenters. The molecule has 1 aliphatic carbocycles. The summed E-state index contributed by atoms with van der Waals surface area (Å²) in [6.45, 7) is 0. The fourth-order valence-corrected chi connectivity index (χ4v) is 2.55. The first-order valence-corrected chi connectivity index (χ1v) is 6.98. The number of aromatic nitrogens is 3. The number of carbonyl (C=O) groups excluding carboxylic acids is 1. The van der Waals surface area contributed by atoms with E-state index in [1.165, 1.54) is 35.5 Å². The summed E-state index contributed by atoms with van der Waals surface area (Å²) in [5.41, 5.74) is 1.26. The van der Waals surface area contributed by atoms with Crippen LogP contribution in [0.1, 0.15) is 23.3 Å². The molecule has 0 bridgehead atoms. The van der Waals surface area contributed by atoms with Crippen LogP contribution in [0.4, 0.5) is 4.39 Å². The van der Waals surface area contributed by atoms with Crippen LogP contribution in [0.5, 0.6) is 0 Å². The van der Waals surface area contributed by atoms with E-state index in [1.54, 1.807) is 11.9 Å². The van der Waals surface area contributed by atoms with Crippen molar-refractivity contribution in [2.75, 3.05) is 7.05 Å². The van der Waals surface area contributed by atoms with Crippen LogP contribution in [-0.2, 0) is 0 Å². The summed E-state index contributed by atoms with van der Waals surface area (Å²) < 4.78 is 20.6. The Bertz CT molecular complexity index is 852. The van der Waals surface area contributed by atoms with Crippen molar-refractivity contribution in [3.05, 3.63) is 42.6 Å². The number of hydrogen-bond acceptors (Lipinski definition) is 4.